The summed E-state index contributed by atoms with van der Waals surface area (Å²) < 4.78 is 5.70. The average molecular weight is 270 g/mol. The highest BCUT2D eigenvalue weighted by atomic mass is 16.5. The van der Waals surface area contributed by atoms with E-state index in [0.717, 1.165) is 12.8 Å². The molecule has 1 aliphatic rings. The van der Waals surface area contributed by atoms with E-state index >= 15 is 0 Å². The summed E-state index contributed by atoms with van der Waals surface area (Å²) in [5.74, 6) is 1.77. The fraction of sp³-hybridized carbons (Fsp3) is 0.333. The van der Waals surface area contributed by atoms with Crippen molar-refractivity contribution in [1.82, 2.24) is 9.97 Å². The predicted octanol–water partition coefficient (Wildman–Crippen LogP) is 3.21. The van der Waals surface area contributed by atoms with Crippen molar-refractivity contribution >= 4 is 11.5 Å². The molecule has 1 fully saturated rings. The lowest BCUT2D eigenvalue weighted by atomic mass is 10.2. The fourth-order valence-electron chi connectivity index (χ4n) is 2.44. The Morgan fingerprint density at radius 1 is 1.10 bits per heavy atom. The van der Waals surface area contributed by atoms with Gasteiger partial charge in [0.1, 0.15) is 17.8 Å². The van der Waals surface area contributed by atoms with Crippen molar-refractivity contribution in [3.8, 4) is 11.6 Å². The van der Waals surface area contributed by atoms with E-state index in [9.17, 15) is 0 Å². The standard InChI is InChI=1S/C15H18N4O/c16-13-14(19-11-6-4-5-7-11)17-10-18-15(13)20-12-8-2-1-3-9-12/h1-3,8-11H,4-7,16H2,(H,17,18,19). The third-order valence-electron chi connectivity index (χ3n) is 3.50. The summed E-state index contributed by atoms with van der Waals surface area (Å²) in [6, 6.07) is 9.94. The molecule has 1 saturated carbocycles. The molecule has 0 unspecified atom stereocenters. The number of nitrogen functional groups attached to an aromatic ring is 1. The van der Waals surface area contributed by atoms with Gasteiger partial charge < -0.3 is 15.8 Å². The Morgan fingerprint density at radius 3 is 2.60 bits per heavy atom. The van der Waals surface area contributed by atoms with Gasteiger partial charge in [-0.2, -0.15) is 4.98 Å². The van der Waals surface area contributed by atoms with Crippen LogP contribution in [0.4, 0.5) is 11.5 Å². The molecule has 1 aromatic carbocycles. The molecule has 5 heteroatoms. The van der Waals surface area contributed by atoms with Crippen LogP contribution in [0, 0.1) is 0 Å². The molecule has 3 N–H and O–H groups in total. The van der Waals surface area contributed by atoms with Crippen LogP contribution in [0.25, 0.3) is 0 Å². The van der Waals surface area contributed by atoms with E-state index in [1.54, 1.807) is 0 Å². The molecule has 0 spiro atoms. The monoisotopic (exact) mass is 270 g/mol. The molecule has 1 heterocycles. The summed E-state index contributed by atoms with van der Waals surface area (Å²) in [4.78, 5) is 8.33. The van der Waals surface area contributed by atoms with Crippen molar-refractivity contribution in [3.63, 3.8) is 0 Å². The van der Waals surface area contributed by atoms with Crippen LogP contribution in [0.5, 0.6) is 11.6 Å². The van der Waals surface area contributed by atoms with Crippen molar-refractivity contribution < 1.29 is 4.74 Å². The van der Waals surface area contributed by atoms with Gasteiger partial charge in [0.15, 0.2) is 5.82 Å². The van der Waals surface area contributed by atoms with Crippen molar-refractivity contribution in [2.24, 2.45) is 0 Å². The number of hydrogen-bond donors (Lipinski definition) is 2. The topological polar surface area (TPSA) is 73.1 Å². The number of aromatic nitrogens is 2. The zero-order valence-electron chi connectivity index (χ0n) is 11.2. The maximum absolute atomic E-state index is 6.10. The number of nitrogens with one attached hydrogen (secondary N) is 1. The first-order valence-corrected chi connectivity index (χ1v) is 6.93. The molecular formula is C15H18N4O. The van der Waals surface area contributed by atoms with Gasteiger partial charge in [-0.1, -0.05) is 31.0 Å². The SMILES string of the molecule is Nc1c(NC2CCCC2)ncnc1Oc1ccccc1. The van der Waals surface area contributed by atoms with E-state index in [1.807, 2.05) is 30.3 Å². The van der Waals surface area contributed by atoms with E-state index in [0.29, 0.717) is 29.2 Å². The molecule has 2 aromatic rings. The van der Waals surface area contributed by atoms with Crippen LogP contribution in [0.2, 0.25) is 0 Å². The van der Waals surface area contributed by atoms with Crippen molar-refractivity contribution in [2.45, 2.75) is 31.7 Å². The highest BCUT2D eigenvalue weighted by Crippen LogP contribution is 2.31. The van der Waals surface area contributed by atoms with Gasteiger partial charge in [0, 0.05) is 6.04 Å². The van der Waals surface area contributed by atoms with Gasteiger partial charge in [0.2, 0.25) is 5.88 Å². The maximum atomic E-state index is 6.10. The van der Waals surface area contributed by atoms with Gasteiger partial charge in [-0.05, 0) is 25.0 Å². The molecule has 0 radical (unpaired) electrons. The summed E-state index contributed by atoms with van der Waals surface area (Å²) in [7, 11) is 0. The molecule has 104 valence electrons. The van der Waals surface area contributed by atoms with E-state index in [1.165, 1.54) is 19.2 Å². The minimum atomic E-state index is 0.395. The summed E-state index contributed by atoms with van der Waals surface area (Å²) in [6.45, 7) is 0. The normalized spacial score (nSPS) is 15.2. The second kappa shape index (κ2) is 5.77. The number of rotatable bonds is 4. The van der Waals surface area contributed by atoms with Crippen LogP contribution >= 0.6 is 0 Å². The van der Waals surface area contributed by atoms with Crippen LogP contribution in [0.3, 0.4) is 0 Å². The van der Waals surface area contributed by atoms with Crippen LogP contribution in [0.15, 0.2) is 36.7 Å². The number of nitrogens with zero attached hydrogens (tertiary/aromatic N) is 2. The molecule has 0 atom stereocenters. The van der Waals surface area contributed by atoms with Gasteiger partial charge >= 0.3 is 0 Å². The second-order valence-electron chi connectivity index (χ2n) is 4.98. The van der Waals surface area contributed by atoms with Crippen LogP contribution in [-0.2, 0) is 0 Å². The summed E-state index contributed by atoms with van der Waals surface area (Å²) >= 11 is 0. The molecular weight excluding hydrogens is 252 g/mol. The van der Waals surface area contributed by atoms with Crippen LogP contribution in [0.1, 0.15) is 25.7 Å². The lowest BCUT2D eigenvalue weighted by Crippen LogP contribution is -2.17. The highest BCUT2D eigenvalue weighted by Gasteiger charge is 2.18. The van der Waals surface area contributed by atoms with Crippen molar-refractivity contribution in [2.75, 3.05) is 11.1 Å². The molecule has 0 bridgehead atoms. The molecule has 20 heavy (non-hydrogen) atoms. The largest absolute Gasteiger partial charge is 0.437 e. The Kier molecular flexibility index (Phi) is 3.67. The quantitative estimate of drug-likeness (QED) is 0.892. The van der Waals surface area contributed by atoms with Crippen molar-refractivity contribution in [1.29, 1.82) is 0 Å². The fourth-order valence-corrected chi connectivity index (χ4v) is 2.44. The second-order valence-corrected chi connectivity index (χ2v) is 4.98. The maximum Gasteiger partial charge on any atom is 0.248 e. The molecule has 1 aromatic heterocycles. The van der Waals surface area contributed by atoms with E-state index < -0.39 is 0 Å². The van der Waals surface area contributed by atoms with Gasteiger partial charge in [-0.3, -0.25) is 0 Å². The molecule has 0 amide bonds. The Balaban J connectivity index is 1.78. The Bertz CT molecular complexity index is 567. The van der Waals surface area contributed by atoms with Crippen molar-refractivity contribution in [3.05, 3.63) is 36.7 Å². The lowest BCUT2D eigenvalue weighted by molar-refractivity contribution is 0.464. The first-order valence-electron chi connectivity index (χ1n) is 6.93. The molecule has 3 rings (SSSR count). The average Bonchev–Trinajstić information content (AvgIpc) is 2.97. The zero-order chi connectivity index (χ0) is 13.8. The number of para-hydroxylation sites is 1. The Hall–Kier alpha value is -2.30. The molecule has 1 aliphatic carbocycles. The predicted molar refractivity (Wildman–Crippen MR) is 78.8 cm³/mol. The minimum absolute atomic E-state index is 0.395. The van der Waals surface area contributed by atoms with Gasteiger partial charge in [0.05, 0.1) is 0 Å². The summed E-state index contributed by atoms with van der Waals surface area (Å²) in [5, 5.41) is 3.38. The van der Waals surface area contributed by atoms with Crippen LogP contribution in [-0.4, -0.2) is 16.0 Å². The number of hydrogen-bond acceptors (Lipinski definition) is 5. The Labute approximate surface area is 118 Å². The minimum Gasteiger partial charge on any atom is -0.437 e. The van der Waals surface area contributed by atoms with Gasteiger partial charge in [-0.25, -0.2) is 4.98 Å². The van der Waals surface area contributed by atoms with E-state index in [-0.39, 0.29) is 0 Å². The zero-order valence-corrected chi connectivity index (χ0v) is 11.2. The van der Waals surface area contributed by atoms with E-state index in [2.05, 4.69) is 15.3 Å². The number of ether oxygens (including phenoxy) is 1. The number of anilines is 2. The number of nitrogens with two attached hydrogens (primary N) is 1. The van der Waals surface area contributed by atoms with Gasteiger partial charge in [-0.15, -0.1) is 0 Å². The smallest absolute Gasteiger partial charge is 0.248 e. The first-order chi connectivity index (χ1) is 9.83. The third-order valence-corrected chi connectivity index (χ3v) is 3.50. The molecule has 0 aliphatic heterocycles. The highest BCUT2D eigenvalue weighted by molar-refractivity contribution is 5.67. The lowest BCUT2D eigenvalue weighted by Gasteiger charge is -2.15. The van der Waals surface area contributed by atoms with Crippen LogP contribution < -0.4 is 15.8 Å². The van der Waals surface area contributed by atoms with Gasteiger partial charge in [0.25, 0.3) is 0 Å². The first kappa shape index (κ1) is 12.7. The third kappa shape index (κ3) is 2.82. The van der Waals surface area contributed by atoms with E-state index in [4.69, 9.17) is 10.5 Å². The molecule has 5 nitrogen and oxygen atoms in total. The summed E-state index contributed by atoms with van der Waals surface area (Å²) in [5.41, 5.74) is 6.56. The summed E-state index contributed by atoms with van der Waals surface area (Å²) in [6.07, 6.45) is 6.33. The molecule has 0 saturated heterocycles. The Morgan fingerprint density at radius 2 is 1.85 bits per heavy atom. The number of benzene rings is 1.